The highest BCUT2D eigenvalue weighted by atomic mass is 79.9. The molecule has 2 heterocycles. The van der Waals surface area contributed by atoms with Crippen LogP contribution in [0.15, 0.2) is 41.1 Å². The fourth-order valence-corrected chi connectivity index (χ4v) is 3.03. The summed E-state index contributed by atoms with van der Waals surface area (Å²) in [6.07, 6.45) is 3.12. The lowest BCUT2D eigenvalue weighted by Gasteiger charge is -2.08. The van der Waals surface area contributed by atoms with E-state index in [1.54, 1.807) is 37.4 Å². The van der Waals surface area contributed by atoms with Crippen molar-refractivity contribution in [1.82, 2.24) is 8.96 Å². The van der Waals surface area contributed by atoms with E-state index in [-0.39, 0.29) is 23.7 Å². The van der Waals surface area contributed by atoms with Crippen molar-refractivity contribution in [2.24, 2.45) is 0 Å². The Hall–Kier alpha value is -1.93. The molecule has 0 amide bonds. The van der Waals surface area contributed by atoms with Crippen molar-refractivity contribution in [3.63, 3.8) is 0 Å². The van der Waals surface area contributed by atoms with Crippen LogP contribution in [0.5, 0.6) is 0 Å². The van der Waals surface area contributed by atoms with Crippen LogP contribution in [0.3, 0.4) is 0 Å². The SMILES string of the molecule is Cc1c(Br)cnc(-c2cccc3c2ccn3SF)c1[N+](=O)[O-]. The first-order valence-corrected chi connectivity index (χ1v) is 7.70. The molecule has 0 atom stereocenters. The average Bonchev–Trinajstić information content (AvgIpc) is 2.92. The first-order chi connectivity index (χ1) is 10.5. The Balaban J connectivity index is 2.35. The molecule has 0 N–H and O–H groups in total. The predicted octanol–water partition coefficient (Wildman–Crippen LogP) is 5.06. The first-order valence-electron chi connectivity index (χ1n) is 6.23. The Bertz CT molecular complexity index is 897. The molecule has 1 aromatic carbocycles. The molecule has 112 valence electrons. The first kappa shape index (κ1) is 15.0. The fourth-order valence-electron chi connectivity index (χ4n) is 2.40. The minimum atomic E-state index is -0.442. The number of hydrogen-bond donors (Lipinski definition) is 0. The Labute approximate surface area is 137 Å². The lowest BCUT2D eigenvalue weighted by atomic mass is 10.0. The van der Waals surface area contributed by atoms with E-state index in [2.05, 4.69) is 20.9 Å². The van der Waals surface area contributed by atoms with Gasteiger partial charge in [0.15, 0.2) is 12.3 Å². The summed E-state index contributed by atoms with van der Waals surface area (Å²) < 4.78 is 14.8. The van der Waals surface area contributed by atoms with Crippen LogP contribution in [0.2, 0.25) is 0 Å². The van der Waals surface area contributed by atoms with Gasteiger partial charge in [-0.1, -0.05) is 12.1 Å². The van der Waals surface area contributed by atoms with Crippen molar-refractivity contribution in [2.45, 2.75) is 6.92 Å². The van der Waals surface area contributed by atoms with Gasteiger partial charge in [-0.25, -0.2) is 4.98 Å². The van der Waals surface area contributed by atoms with Crippen LogP contribution in [0.1, 0.15) is 5.56 Å². The number of hydrogen-bond acceptors (Lipinski definition) is 4. The summed E-state index contributed by atoms with van der Waals surface area (Å²) in [7, 11) is 0. The van der Waals surface area contributed by atoms with Gasteiger partial charge in [0.1, 0.15) is 5.69 Å². The molecule has 3 aromatic rings. The molecule has 0 fully saturated rings. The van der Waals surface area contributed by atoms with E-state index in [9.17, 15) is 14.0 Å². The highest BCUT2D eigenvalue weighted by molar-refractivity contribution is 9.10. The molecule has 0 aliphatic rings. The molecule has 0 saturated heterocycles. The number of rotatable bonds is 3. The maximum absolute atomic E-state index is 12.9. The van der Waals surface area contributed by atoms with Gasteiger partial charge in [-0.15, -0.1) is 3.89 Å². The van der Waals surface area contributed by atoms with Gasteiger partial charge < -0.3 is 0 Å². The maximum atomic E-state index is 12.9. The van der Waals surface area contributed by atoms with E-state index in [1.165, 1.54) is 10.2 Å². The smallest absolute Gasteiger partial charge is 0.264 e. The number of nitro groups is 1. The second kappa shape index (κ2) is 5.69. The summed E-state index contributed by atoms with van der Waals surface area (Å²) in [6, 6.07) is 6.95. The predicted molar refractivity (Wildman–Crippen MR) is 88.4 cm³/mol. The standard InChI is InChI=1S/C14H9BrFN3O2S/c1-8-11(15)7-17-13(14(8)19(20)21)10-3-2-4-12-9(10)5-6-18(12)22-16/h2-7H,1H3. The second-order valence-electron chi connectivity index (χ2n) is 4.63. The molecule has 0 unspecified atom stereocenters. The van der Waals surface area contributed by atoms with Gasteiger partial charge in [0, 0.05) is 33.4 Å². The van der Waals surface area contributed by atoms with Crippen LogP contribution in [0.4, 0.5) is 9.57 Å². The molecule has 2 aromatic heterocycles. The molecular weight excluding hydrogens is 373 g/mol. The van der Waals surface area contributed by atoms with E-state index in [0.717, 1.165) is 0 Å². The van der Waals surface area contributed by atoms with Crippen molar-refractivity contribution in [3.05, 3.63) is 56.8 Å². The highest BCUT2D eigenvalue weighted by Gasteiger charge is 2.24. The number of fused-ring (bicyclic) bond motifs is 1. The molecule has 0 aliphatic carbocycles. The maximum Gasteiger partial charge on any atom is 0.299 e. The number of nitrogens with zero attached hydrogens (tertiary/aromatic N) is 3. The summed E-state index contributed by atoms with van der Waals surface area (Å²) in [5.41, 5.74) is 1.97. The summed E-state index contributed by atoms with van der Waals surface area (Å²) in [5.74, 6) is 0. The highest BCUT2D eigenvalue weighted by Crippen LogP contribution is 2.38. The van der Waals surface area contributed by atoms with Gasteiger partial charge in [-0.2, -0.15) is 0 Å². The zero-order valence-corrected chi connectivity index (χ0v) is 13.7. The van der Waals surface area contributed by atoms with Crippen molar-refractivity contribution in [2.75, 3.05) is 0 Å². The van der Waals surface area contributed by atoms with E-state index < -0.39 is 4.92 Å². The minimum absolute atomic E-state index is 0.0532. The number of benzene rings is 1. The Morgan fingerprint density at radius 3 is 2.86 bits per heavy atom. The molecule has 8 heteroatoms. The second-order valence-corrected chi connectivity index (χ2v) is 6.02. The van der Waals surface area contributed by atoms with Gasteiger partial charge in [0.25, 0.3) is 5.69 Å². The van der Waals surface area contributed by atoms with E-state index in [4.69, 9.17) is 0 Å². The molecule has 0 spiro atoms. The van der Waals surface area contributed by atoms with Crippen molar-refractivity contribution < 1.29 is 8.81 Å². The Morgan fingerprint density at radius 1 is 1.41 bits per heavy atom. The largest absolute Gasteiger partial charge is 0.299 e. The number of halogens is 2. The summed E-state index contributed by atoms with van der Waals surface area (Å²) >= 11 is 3.34. The van der Waals surface area contributed by atoms with E-state index >= 15 is 0 Å². The third kappa shape index (κ3) is 2.28. The van der Waals surface area contributed by atoms with Crippen LogP contribution in [-0.4, -0.2) is 13.9 Å². The van der Waals surface area contributed by atoms with Gasteiger partial charge >= 0.3 is 0 Å². The molecule has 0 saturated carbocycles. The molecule has 3 rings (SSSR count). The average molecular weight is 382 g/mol. The third-order valence-corrected chi connectivity index (χ3v) is 4.72. The molecule has 5 nitrogen and oxygen atoms in total. The number of aromatic nitrogens is 2. The van der Waals surface area contributed by atoms with Crippen LogP contribution < -0.4 is 0 Å². The monoisotopic (exact) mass is 381 g/mol. The lowest BCUT2D eigenvalue weighted by molar-refractivity contribution is -0.385. The topological polar surface area (TPSA) is 61.0 Å². The molecular formula is C14H9BrFN3O2S. The molecule has 22 heavy (non-hydrogen) atoms. The van der Waals surface area contributed by atoms with Crippen LogP contribution in [0, 0.1) is 17.0 Å². The lowest BCUT2D eigenvalue weighted by Crippen LogP contribution is -1.99. The Morgan fingerprint density at radius 2 is 2.18 bits per heavy atom. The summed E-state index contributed by atoms with van der Waals surface area (Å²) in [6.45, 7) is 1.66. The molecule has 0 bridgehead atoms. The van der Waals surface area contributed by atoms with Crippen molar-refractivity contribution in [1.29, 1.82) is 0 Å². The zero-order chi connectivity index (χ0) is 15.9. The van der Waals surface area contributed by atoms with E-state index in [0.29, 0.717) is 26.5 Å². The number of pyridine rings is 1. The van der Waals surface area contributed by atoms with Gasteiger partial charge in [-0.05, 0) is 35.0 Å². The van der Waals surface area contributed by atoms with Crippen molar-refractivity contribution >= 4 is 44.9 Å². The molecule has 0 radical (unpaired) electrons. The van der Waals surface area contributed by atoms with Gasteiger partial charge in [0.2, 0.25) is 0 Å². The van der Waals surface area contributed by atoms with Crippen LogP contribution in [-0.2, 0) is 0 Å². The van der Waals surface area contributed by atoms with Crippen molar-refractivity contribution in [3.8, 4) is 11.3 Å². The summed E-state index contributed by atoms with van der Waals surface area (Å²) in [5, 5.41) is 12.2. The Kier molecular flexibility index (Phi) is 3.88. The molecule has 0 aliphatic heterocycles. The quantitative estimate of drug-likeness (QED) is 0.469. The van der Waals surface area contributed by atoms with Crippen LogP contribution in [0.25, 0.3) is 22.2 Å². The van der Waals surface area contributed by atoms with Crippen LogP contribution >= 0.6 is 28.3 Å². The van der Waals surface area contributed by atoms with Gasteiger partial charge in [-0.3, -0.25) is 14.1 Å². The normalized spacial score (nSPS) is 11.0. The van der Waals surface area contributed by atoms with E-state index in [1.807, 2.05) is 0 Å². The third-order valence-electron chi connectivity index (χ3n) is 3.45. The fraction of sp³-hybridized carbons (Fsp3) is 0.0714. The van der Waals surface area contributed by atoms with Gasteiger partial charge in [0.05, 0.1) is 10.4 Å². The summed E-state index contributed by atoms with van der Waals surface area (Å²) in [4.78, 5) is 15.2. The minimum Gasteiger partial charge on any atom is -0.264 e. The zero-order valence-electron chi connectivity index (χ0n) is 11.3.